The molecule has 4 N–H and O–H groups in total. The van der Waals surface area contributed by atoms with Crippen molar-refractivity contribution in [3.8, 4) is 0 Å². The number of aliphatic hydroxyl groups excluding tert-OH is 3. The maximum atomic E-state index is 12.8. The molecule has 1 rings (SSSR count). The predicted molar refractivity (Wildman–Crippen MR) is 247 cm³/mol. The Morgan fingerprint density at radius 2 is 0.968 bits per heavy atom. The number of hydrogen-bond acceptors (Lipinski definition) is 10. The number of carboxylic acid groups (broad SMARTS) is 1. The zero-order valence-corrected chi connectivity index (χ0v) is 37.8. The molecule has 1 aliphatic rings. The quantitative estimate of drug-likeness (QED) is 0.0266. The SMILES string of the molecule is CC/C=C\C/C=C\C/C=C\C/C=C\C/C=C\CCCC(=O)OCC(COC1OC(C(=O)O)C(O)C(O)C1O)OC(=O)CCCCCCCC/C=C\C/C=C\C/C=C\CCCCC. The lowest BCUT2D eigenvalue weighted by Gasteiger charge is -2.38. The van der Waals surface area contributed by atoms with E-state index in [4.69, 9.17) is 18.9 Å². The van der Waals surface area contributed by atoms with E-state index in [0.29, 0.717) is 19.3 Å². The zero-order valence-electron chi connectivity index (χ0n) is 37.8. The van der Waals surface area contributed by atoms with Gasteiger partial charge in [0.15, 0.2) is 18.5 Å². The lowest BCUT2D eigenvalue weighted by atomic mass is 9.99. The van der Waals surface area contributed by atoms with Gasteiger partial charge in [0.25, 0.3) is 0 Å². The number of carbonyl (C=O) groups excluding carboxylic acids is 2. The average Bonchev–Trinajstić information content (AvgIpc) is 3.26. The molecule has 0 aliphatic carbocycles. The number of carboxylic acids is 1. The molecule has 11 nitrogen and oxygen atoms in total. The summed E-state index contributed by atoms with van der Waals surface area (Å²) in [5.41, 5.74) is 0. The second-order valence-corrected chi connectivity index (χ2v) is 15.5. The lowest BCUT2D eigenvalue weighted by Crippen LogP contribution is -2.60. The zero-order chi connectivity index (χ0) is 45.3. The van der Waals surface area contributed by atoms with E-state index in [1.165, 1.54) is 25.7 Å². The number of esters is 2. The van der Waals surface area contributed by atoms with Crippen LogP contribution in [0, 0.1) is 0 Å². The molecule has 0 spiro atoms. The minimum absolute atomic E-state index is 0.148. The van der Waals surface area contributed by atoms with Crippen LogP contribution in [0.4, 0.5) is 0 Å². The van der Waals surface area contributed by atoms with Gasteiger partial charge in [0.05, 0.1) is 6.61 Å². The van der Waals surface area contributed by atoms with Gasteiger partial charge in [-0.3, -0.25) is 9.59 Å². The fourth-order valence-corrected chi connectivity index (χ4v) is 6.27. The first-order valence-corrected chi connectivity index (χ1v) is 23.3. The van der Waals surface area contributed by atoms with Crippen LogP contribution in [0.2, 0.25) is 0 Å². The van der Waals surface area contributed by atoms with Crippen molar-refractivity contribution in [3.63, 3.8) is 0 Å². The molecule has 6 atom stereocenters. The van der Waals surface area contributed by atoms with E-state index in [-0.39, 0.29) is 19.4 Å². The number of hydrogen-bond donors (Lipinski definition) is 4. The van der Waals surface area contributed by atoms with Gasteiger partial charge < -0.3 is 39.4 Å². The van der Waals surface area contributed by atoms with Crippen LogP contribution in [0.3, 0.4) is 0 Å². The van der Waals surface area contributed by atoms with E-state index >= 15 is 0 Å². The van der Waals surface area contributed by atoms with E-state index in [1.54, 1.807) is 0 Å². The van der Waals surface area contributed by atoms with Crippen LogP contribution in [-0.2, 0) is 33.3 Å². The maximum Gasteiger partial charge on any atom is 0.335 e. The summed E-state index contributed by atoms with van der Waals surface area (Å²) in [5.74, 6) is -2.55. The second-order valence-electron chi connectivity index (χ2n) is 15.5. The third-order valence-electron chi connectivity index (χ3n) is 9.92. The normalized spacial score (nSPS) is 20.4. The highest BCUT2D eigenvalue weighted by Crippen LogP contribution is 2.23. The Balaban J connectivity index is 2.42. The minimum Gasteiger partial charge on any atom is -0.479 e. The fourth-order valence-electron chi connectivity index (χ4n) is 6.27. The number of rotatable bonds is 37. The van der Waals surface area contributed by atoms with Crippen molar-refractivity contribution in [2.75, 3.05) is 13.2 Å². The maximum absolute atomic E-state index is 12.8. The number of aliphatic hydroxyl groups is 3. The summed E-state index contributed by atoms with van der Waals surface area (Å²) in [6.45, 7) is 3.60. The van der Waals surface area contributed by atoms with Crippen LogP contribution < -0.4 is 0 Å². The first kappa shape index (κ1) is 56.1. The number of carbonyl (C=O) groups is 3. The van der Waals surface area contributed by atoms with Crippen LogP contribution in [-0.4, -0.2) is 88.4 Å². The summed E-state index contributed by atoms with van der Waals surface area (Å²) in [6.07, 6.45) is 44.6. The largest absolute Gasteiger partial charge is 0.479 e. The van der Waals surface area contributed by atoms with Gasteiger partial charge in [0.2, 0.25) is 0 Å². The molecule has 11 heteroatoms. The van der Waals surface area contributed by atoms with Crippen molar-refractivity contribution in [1.82, 2.24) is 0 Å². The summed E-state index contributed by atoms with van der Waals surface area (Å²) >= 11 is 0. The Labute approximate surface area is 373 Å². The Kier molecular flexibility index (Phi) is 36.2. The highest BCUT2D eigenvalue weighted by Gasteiger charge is 2.47. The van der Waals surface area contributed by atoms with Gasteiger partial charge in [0, 0.05) is 12.8 Å². The van der Waals surface area contributed by atoms with Gasteiger partial charge in [-0.15, -0.1) is 0 Å². The standard InChI is InChI=1S/C51H80O11/c1-3-5-7-9-11-13-15-17-19-21-22-24-26-28-30-32-34-36-38-40-45(53)61-43(42-60-51-48(56)46(54)47(55)49(62-51)50(57)58)41-59-44(52)39-37-35-33-31-29-27-25-23-20-18-16-14-12-10-8-6-4-2/h6,8,11-14,17-20,22,24-25,27,31,33,43,46-49,51,54-56H,3-5,7,9-10,15-16,21,23,26,28-30,32,34-42H2,1-2H3,(H,57,58)/b8-6-,13-11-,14-12-,19-17-,20-18-,24-22-,27-25-,33-31-. The molecule has 0 amide bonds. The first-order chi connectivity index (χ1) is 30.2. The summed E-state index contributed by atoms with van der Waals surface area (Å²) in [6, 6.07) is 0. The molecule has 6 unspecified atom stereocenters. The smallest absolute Gasteiger partial charge is 0.335 e. The van der Waals surface area contributed by atoms with E-state index in [1.807, 2.05) is 12.2 Å². The number of aliphatic carboxylic acids is 1. The highest BCUT2D eigenvalue weighted by molar-refractivity contribution is 5.73. The van der Waals surface area contributed by atoms with Crippen molar-refractivity contribution in [1.29, 1.82) is 0 Å². The van der Waals surface area contributed by atoms with Crippen LogP contribution in [0.5, 0.6) is 0 Å². The fraction of sp³-hybridized carbons (Fsp3) is 0.627. The summed E-state index contributed by atoms with van der Waals surface area (Å²) < 4.78 is 21.7. The van der Waals surface area contributed by atoms with Crippen molar-refractivity contribution >= 4 is 17.9 Å². The molecule has 0 bridgehead atoms. The summed E-state index contributed by atoms with van der Waals surface area (Å²) in [5, 5.41) is 39.9. The Hall–Kier alpha value is -3.87. The summed E-state index contributed by atoms with van der Waals surface area (Å²) in [4.78, 5) is 36.9. The molecule has 62 heavy (non-hydrogen) atoms. The molecular formula is C51H80O11. The summed E-state index contributed by atoms with van der Waals surface area (Å²) in [7, 11) is 0. The molecule has 0 aromatic carbocycles. The van der Waals surface area contributed by atoms with Crippen molar-refractivity contribution in [3.05, 3.63) is 97.2 Å². The molecule has 1 fully saturated rings. The Morgan fingerprint density at radius 1 is 0.516 bits per heavy atom. The van der Waals surface area contributed by atoms with Crippen LogP contribution in [0.1, 0.15) is 155 Å². The molecule has 1 aliphatic heterocycles. The lowest BCUT2D eigenvalue weighted by molar-refractivity contribution is -0.298. The highest BCUT2D eigenvalue weighted by atomic mass is 16.7. The van der Waals surface area contributed by atoms with Gasteiger partial charge >= 0.3 is 17.9 Å². The van der Waals surface area contributed by atoms with Crippen LogP contribution in [0.25, 0.3) is 0 Å². The topological polar surface area (TPSA) is 169 Å². The minimum atomic E-state index is -1.88. The Morgan fingerprint density at radius 3 is 1.48 bits per heavy atom. The monoisotopic (exact) mass is 869 g/mol. The van der Waals surface area contributed by atoms with E-state index in [0.717, 1.165) is 83.5 Å². The van der Waals surface area contributed by atoms with E-state index in [9.17, 15) is 34.8 Å². The van der Waals surface area contributed by atoms with Crippen molar-refractivity contribution in [2.45, 2.75) is 192 Å². The van der Waals surface area contributed by atoms with Crippen molar-refractivity contribution < 1.29 is 53.8 Å². The molecule has 1 heterocycles. The van der Waals surface area contributed by atoms with Gasteiger partial charge in [-0.2, -0.15) is 0 Å². The predicted octanol–water partition coefficient (Wildman–Crippen LogP) is 10.4. The van der Waals surface area contributed by atoms with E-state index < -0.39 is 61.3 Å². The third kappa shape index (κ3) is 31.0. The first-order valence-electron chi connectivity index (χ1n) is 23.3. The van der Waals surface area contributed by atoms with Gasteiger partial charge in [0.1, 0.15) is 24.9 Å². The van der Waals surface area contributed by atoms with Crippen LogP contribution >= 0.6 is 0 Å². The van der Waals surface area contributed by atoms with Gasteiger partial charge in [-0.1, -0.05) is 150 Å². The number of ether oxygens (including phenoxy) is 4. The molecule has 1 saturated heterocycles. The third-order valence-corrected chi connectivity index (χ3v) is 9.92. The van der Waals surface area contributed by atoms with Gasteiger partial charge in [-0.05, 0) is 89.9 Å². The molecule has 0 aromatic heterocycles. The van der Waals surface area contributed by atoms with Gasteiger partial charge in [-0.25, -0.2) is 4.79 Å². The average molecular weight is 869 g/mol. The number of allylic oxidation sites excluding steroid dienone is 16. The molecule has 0 aromatic rings. The molecular weight excluding hydrogens is 789 g/mol. The molecule has 0 saturated carbocycles. The van der Waals surface area contributed by atoms with E-state index in [2.05, 4.69) is 98.9 Å². The molecule has 350 valence electrons. The molecule has 0 radical (unpaired) electrons. The second kappa shape index (κ2) is 39.9. The van der Waals surface area contributed by atoms with Crippen molar-refractivity contribution in [2.24, 2.45) is 0 Å². The Bertz CT molecular complexity index is 1390. The number of unbranched alkanes of at least 4 members (excludes halogenated alkanes) is 10. The van der Waals surface area contributed by atoms with Crippen LogP contribution in [0.15, 0.2) is 97.2 Å².